The van der Waals surface area contributed by atoms with Gasteiger partial charge in [-0.05, 0) is 48.2 Å². The van der Waals surface area contributed by atoms with Gasteiger partial charge in [0.15, 0.2) is 0 Å². The Balaban J connectivity index is 1.40. The average molecular weight is 486 g/mol. The van der Waals surface area contributed by atoms with Gasteiger partial charge in [-0.25, -0.2) is 0 Å². The zero-order valence-electron chi connectivity index (χ0n) is 19.1. The number of nitrogens with one attached hydrogen (secondary N) is 1. The van der Waals surface area contributed by atoms with Crippen LogP contribution in [0.15, 0.2) is 42.5 Å². The molecule has 0 unspecified atom stereocenters. The number of hydrogen-bond acceptors (Lipinski definition) is 3. The minimum Gasteiger partial charge on any atom is -0.338 e. The lowest BCUT2D eigenvalue weighted by Crippen LogP contribution is -2.60. The summed E-state index contributed by atoms with van der Waals surface area (Å²) >= 11 is 0. The Labute approximate surface area is 201 Å². The van der Waals surface area contributed by atoms with E-state index in [2.05, 4.69) is 5.32 Å². The van der Waals surface area contributed by atoms with Crippen LogP contribution in [0.3, 0.4) is 0 Å². The van der Waals surface area contributed by atoms with Crippen molar-refractivity contribution in [2.45, 2.75) is 44.3 Å². The second-order valence-corrected chi connectivity index (χ2v) is 9.46. The number of benzene rings is 2. The number of fused-ring (bicyclic) bond motifs is 2. The number of nitrogens with zero attached hydrogens (tertiary/aromatic N) is 2. The van der Waals surface area contributed by atoms with Crippen LogP contribution < -0.4 is 5.32 Å². The van der Waals surface area contributed by atoms with Crippen LogP contribution in [0.1, 0.15) is 48.0 Å². The largest absolute Gasteiger partial charge is 0.416 e. The molecule has 1 saturated heterocycles. The van der Waals surface area contributed by atoms with E-state index in [-0.39, 0.29) is 42.3 Å². The number of carbonyl (C=O) groups excluding carboxylic acids is 3. The van der Waals surface area contributed by atoms with E-state index >= 15 is 0 Å². The molecule has 2 aliphatic heterocycles. The molecular weight excluding hydrogens is 459 g/mol. The molecule has 35 heavy (non-hydrogen) atoms. The van der Waals surface area contributed by atoms with Crippen LogP contribution in [0.5, 0.6) is 0 Å². The SMILES string of the molecule is O=C1Nc2ccc(-c3cccc(C(F)(F)F)c3)cc2C(=O)N2CCN(C(=O)C3CCCCC3)C[C@H]12. The van der Waals surface area contributed by atoms with Crippen molar-refractivity contribution in [1.29, 1.82) is 0 Å². The van der Waals surface area contributed by atoms with Crippen LogP contribution in [-0.4, -0.2) is 53.2 Å². The quantitative estimate of drug-likeness (QED) is 0.678. The minimum absolute atomic E-state index is 0.0212. The van der Waals surface area contributed by atoms with E-state index in [4.69, 9.17) is 0 Å². The zero-order chi connectivity index (χ0) is 24.7. The summed E-state index contributed by atoms with van der Waals surface area (Å²) in [5, 5.41) is 2.79. The summed E-state index contributed by atoms with van der Waals surface area (Å²) in [7, 11) is 0. The molecule has 1 atom stereocenters. The molecule has 2 aromatic carbocycles. The molecule has 3 aliphatic rings. The summed E-state index contributed by atoms with van der Waals surface area (Å²) in [5.74, 6) is -0.711. The molecular formula is C26H26F3N3O3. The molecule has 5 rings (SSSR count). The average Bonchev–Trinajstić information content (AvgIpc) is 2.97. The highest BCUT2D eigenvalue weighted by Crippen LogP contribution is 2.35. The molecule has 1 aliphatic carbocycles. The van der Waals surface area contributed by atoms with Crippen LogP contribution in [0, 0.1) is 5.92 Å². The van der Waals surface area contributed by atoms with Crippen molar-refractivity contribution in [2.24, 2.45) is 5.92 Å². The van der Waals surface area contributed by atoms with Gasteiger partial charge in [0, 0.05) is 19.0 Å². The first kappa shape index (κ1) is 23.4. The molecule has 2 heterocycles. The summed E-state index contributed by atoms with van der Waals surface area (Å²) in [5.41, 5.74) is 0.536. The van der Waals surface area contributed by atoms with E-state index in [1.807, 2.05) is 0 Å². The molecule has 0 spiro atoms. The van der Waals surface area contributed by atoms with Crippen molar-refractivity contribution in [1.82, 2.24) is 9.80 Å². The van der Waals surface area contributed by atoms with Crippen molar-refractivity contribution in [3.05, 3.63) is 53.6 Å². The fourth-order valence-corrected chi connectivity index (χ4v) is 5.31. The number of amides is 3. The Morgan fingerprint density at radius 1 is 0.943 bits per heavy atom. The third kappa shape index (κ3) is 4.51. The molecule has 0 aromatic heterocycles. The lowest BCUT2D eigenvalue weighted by molar-refractivity contribution is -0.140. The van der Waals surface area contributed by atoms with Crippen LogP contribution >= 0.6 is 0 Å². The zero-order valence-corrected chi connectivity index (χ0v) is 19.1. The molecule has 0 bridgehead atoms. The highest BCUT2D eigenvalue weighted by atomic mass is 19.4. The minimum atomic E-state index is -4.48. The second-order valence-electron chi connectivity index (χ2n) is 9.46. The van der Waals surface area contributed by atoms with Crippen LogP contribution in [0.2, 0.25) is 0 Å². The summed E-state index contributed by atoms with van der Waals surface area (Å²) in [6, 6.07) is 8.76. The Morgan fingerprint density at radius 2 is 1.69 bits per heavy atom. The molecule has 184 valence electrons. The van der Waals surface area contributed by atoms with Crippen molar-refractivity contribution < 1.29 is 27.6 Å². The number of carbonyl (C=O) groups is 3. The monoisotopic (exact) mass is 485 g/mol. The molecule has 2 fully saturated rings. The van der Waals surface area contributed by atoms with Gasteiger partial charge in [-0.15, -0.1) is 0 Å². The maximum Gasteiger partial charge on any atom is 0.416 e. The first-order valence-corrected chi connectivity index (χ1v) is 11.9. The summed E-state index contributed by atoms with van der Waals surface area (Å²) in [6.45, 7) is 0.720. The van der Waals surface area contributed by atoms with Crippen LogP contribution in [0.25, 0.3) is 11.1 Å². The van der Waals surface area contributed by atoms with Gasteiger partial charge in [-0.3, -0.25) is 14.4 Å². The van der Waals surface area contributed by atoms with Gasteiger partial charge in [-0.1, -0.05) is 37.5 Å². The predicted molar refractivity (Wildman–Crippen MR) is 123 cm³/mol. The lowest BCUT2D eigenvalue weighted by Gasteiger charge is -2.40. The van der Waals surface area contributed by atoms with Crippen molar-refractivity contribution in [3.63, 3.8) is 0 Å². The van der Waals surface area contributed by atoms with Gasteiger partial charge in [0.1, 0.15) is 6.04 Å². The number of hydrogen-bond donors (Lipinski definition) is 1. The van der Waals surface area contributed by atoms with Gasteiger partial charge in [0.2, 0.25) is 11.8 Å². The molecule has 3 amide bonds. The van der Waals surface area contributed by atoms with Crippen molar-refractivity contribution in [2.75, 3.05) is 25.0 Å². The standard InChI is InChI=1S/C26H26F3N3O3/c27-26(28,29)19-8-4-7-17(13-19)18-9-10-21-20(14-18)25(35)32-12-11-31(15-22(32)23(33)30-21)24(34)16-5-2-1-3-6-16/h4,7-10,13-14,16,22H,1-3,5-6,11-12,15H2,(H,30,33)/t22-/m1/s1. The van der Waals surface area contributed by atoms with Crippen LogP contribution in [-0.2, 0) is 15.8 Å². The van der Waals surface area contributed by atoms with Gasteiger partial charge in [-0.2, -0.15) is 13.2 Å². The molecule has 1 N–H and O–H groups in total. The molecule has 2 aromatic rings. The highest BCUT2D eigenvalue weighted by molar-refractivity contribution is 6.10. The maximum absolute atomic E-state index is 13.5. The van der Waals surface area contributed by atoms with Gasteiger partial charge in [0.05, 0.1) is 23.4 Å². The van der Waals surface area contributed by atoms with E-state index in [1.165, 1.54) is 17.0 Å². The van der Waals surface area contributed by atoms with Crippen LogP contribution in [0.4, 0.5) is 18.9 Å². The van der Waals surface area contributed by atoms with E-state index in [9.17, 15) is 27.6 Å². The smallest absolute Gasteiger partial charge is 0.338 e. The molecule has 1 saturated carbocycles. The third-order valence-electron chi connectivity index (χ3n) is 7.24. The van der Waals surface area contributed by atoms with E-state index in [1.54, 1.807) is 23.1 Å². The fourth-order valence-electron chi connectivity index (χ4n) is 5.31. The predicted octanol–water partition coefficient (Wildman–Crippen LogP) is 4.56. The summed E-state index contributed by atoms with van der Waals surface area (Å²) < 4.78 is 39.5. The summed E-state index contributed by atoms with van der Waals surface area (Å²) in [6.07, 6.45) is 0.438. The lowest BCUT2D eigenvalue weighted by atomic mass is 9.88. The Kier molecular flexibility index (Phi) is 6.02. The fraction of sp³-hybridized carbons (Fsp3) is 0.423. The Hall–Kier alpha value is -3.36. The number of halogens is 3. The molecule has 6 nitrogen and oxygen atoms in total. The third-order valence-corrected chi connectivity index (χ3v) is 7.24. The normalized spacial score (nSPS) is 21.2. The molecule has 9 heteroatoms. The molecule has 0 radical (unpaired) electrons. The number of anilines is 1. The Bertz CT molecular complexity index is 1170. The van der Waals surface area contributed by atoms with Crippen molar-refractivity contribution in [3.8, 4) is 11.1 Å². The van der Waals surface area contributed by atoms with E-state index < -0.39 is 17.8 Å². The van der Waals surface area contributed by atoms with Crippen molar-refractivity contribution >= 4 is 23.4 Å². The second kappa shape index (κ2) is 9.02. The van der Waals surface area contributed by atoms with Gasteiger partial charge in [0.25, 0.3) is 5.91 Å². The van der Waals surface area contributed by atoms with E-state index in [0.29, 0.717) is 23.4 Å². The first-order chi connectivity index (χ1) is 16.7. The van der Waals surface area contributed by atoms with E-state index in [0.717, 1.165) is 44.2 Å². The number of piperazine rings is 1. The topological polar surface area (TPSA) is 69.7 Å². The van der Waals surface area contributed by atoms with Gasteiger partial charge >= 0.3 is 6.18 Å². The first-order valence-electron chi connectivity index (χ1n) is 11.9. The summed E-state index contributed by atoms with van der Waals surface area (Å²) in [4.78, 5) is 42.7. The number of alkyl halides is 3. The van der Waals surface area contributed by atoms with Gasteiger partial charge < -0.3 is 15.1 Å². The number of rotatable bonds is 2. The Morgan fingerprint density at radius 3 is 2.43 bits per heavy atom. The maximum atomic E-state index is 13.5. The highest BCUT2D eigenvalue weighted by Gasteiger charge is 2.41.